The van der Waals surface area contributed by atoms with Crippen molar-refractivity contribution in [1.29, 1.82) is 0 Å². The molecule has 2 aromatic carbocycles. The molecule has 0 spiro atoms. The number of carbonyl (C=O) groups excluding carboxylic acids is 1. The van der Waals surface area contributed by atoms with E-state index in [-0.39, 0.29) is 11.7 Å². The van der Waals surface area contributed by atoms with E-state index in [0.717, 1.165) is 11.1 Å². The van der Waals surface area contributed by atoms with Crippen molar-refractivity contribution < 1.29 is 9.18 Å². The summed E-state index contributed by atoms with van der Waals surface area (Å²) < 4.78 is 12.8. The van der Waals surface area contributed by atoms with Gasteiger partial charge in [0, 0.05) is 6.54 Å². The third-order valence-corrected chi connectivity index (χ3v) is 3.43. The lowest BCUT2D eigenvalue weighted by Gasteiger charge is -2.24. The molecular formula is C17H18FNO. The van der Waals surface area contributed by atoms with Gasteiger partial charge < -0.3 is 5.32 Å². The lowest BCUT2D eigenvalue weighted by atomic mass is 9.84. The van der Waals surface area contributed by atoms with Crippen LogP contribution in [0.3, 0.4) is 0 Å². The molecule has 0 saturated heterocycles. The van der Waals surface area contributed by atoms with E-state index in [0.29, 0.717) is 6.54 Å². The van der Waals surface area contributed by atoms with Gasteiger partial charge in [0.2, 0.25) is 5.91 Å². The second-order valence-corrected chi connectivity index (χ2v) is 5.30. The minimum absolute atomic E-state index is 0.0481. The average molecular weight is 271 g/mol. The first kappa shape index (κ1) is 14.3. The molecule has 3 heteroatoms. The summed E-state index contributed by atoms with van der Waals surface area (Å²) in [5.41, 5.74) is 1.25. The maximum atomic E-state index is 12.8. The molecule has 1 N–H and O–H groups in total. The van der Waals surface area contributed by atoms with Crippen LogP contribution in [0, 0.1) is 5.82 Å². The van der Waals surface area contributed by atoms with Crippen LogP contribution in [0.25, 0.3) is 0 Å². The largest absolute Gasteiger partial charge is 0.351 e. The number of nitrogens with one attached hydrogen (secondary N) is 1. The highest BCUT2D eigenvalue weighted by Crippen LogP contribution is 2.23. The minimum Gasteiger partial charge on any atom is -0.351 e. The normalized spacial score (nSPS) is 11.2. The Morgan fingerprint density at radius 2 is 1.65 bits per heavy atom. The fraction of sp³-hybridized carbons (Fsp3) is 0.235. The van der Waals surface area contributed by atoms with Gasteiger partial charge in [0.15, 0.2) is 0 Å². The quantitative estimate of drug-likeness (QED) is 0.907. The highest BCUT2D eigenvalue weighted by atomic mass is 19.1. The first-order valence-corrected chi connectivity index (χ1v) is 6.58. The Hall–Kier alpha value is -2.16. The van der Waals surface area contributed by atoms with E-state index in [4.69, 9.17) is 0 Å². The molecule has 0 bridgehead atoms. The van der Waals surface area contributed by atoms with Crippen LogP contribution < -0.4 is 5.32 Å². The van der Waals surface area contributed by atoms with Crippen LogP contribution in [0.5, 0.6) is 0 Å². The molecule has 2 rings (SSSR count). The molecular weight excluding hydrogens is 253 g/mol. The van der Waals surface area contributed by atoms with Gasteiger partial charge in [-0.1, -0.05) is 42.5 Å². The summed E-state index contributed by atoms with van der Waals surface area (Å²) in [5.74, 6) is -0.322. The molecule has 0 aliphatic rings. The summed E-state index contributed by atoms with van der Waals surface area (Å²) in [6, 6.07) is 15.8. The van der Waals surface area contributed by atoms with Crippen molar-refractivity contribution in [2.75, 3.05) is 0 Å². The van der Waals surface area contributed by atoms with Gasteiger partial charge in [-0.3, -0.25) is 4.79 Å². The van der Waals surface area contributed by atoms with Crippen LogP contribution >= 0.6 is 0 Å². The van der Waals surface area contributed by atoms with Gasteiger partial charge in [0.1, 0.15) is 5.82 Å². The van der Waals surface area contributed by atoms with Crippen molar-refractivity contribution in [3.63, 3.8) is 0 Å². The first-order valence-electron chi connectivity index (χ1n) is 6.58. The number of hydrogen-bond donors (Lipinski definition) is 1. The van der Waals surface area contributed by atoms with Crippen LogP contribution in [0.1, 0.15) is 25.0 Å². The Morgan fingerprint density at radius 3 is 2.25 bits per heavy atom. The van der Waals surface area contributed by atoms with Crippen LogP contribution in [0.4, 0.5) is 4.39 Å². The van der Waals surface area contributed by atoms with Gasteiger partial charge in [-0.2, -0.15) is 0 Å². The zero-order valence-corrected chi connectivity index (χ0v) is 11.7. The molecule has 0 aliphatic carbocycles. The van der Waals surface area contributed by atoms with Crippen molar-refractivity contribution in [3.8, 4) is 0 Å². The zero-order chi connectivity index (χ0) is 14.6. The van der Waals surface area contributed by atoms with Crippen molar-refractivity contribution in [2.24, 2.45) is 0 Å². The van der Waals surface area contributed by atoms with Gasteiger partial charge in [0.05, 0.1) is 5.41 Å². The number of carbonyl (C=O) groups is 1. The Balaban J connectivity index is 2.03. The lowest BCUT2D eigenvalue weighted by Crippen LogP contribution is -2.39. The monoisotopic (exact) mass is 271 g/mol. The molecule has 0 fully saturated rings. The van der Waals surface area contributed by atoms with Gasteiger partial charge in [-0.25, -0.2) is 4.39 Å². The Labute approximate surface area is 118 Å². The zero-order valence-electron chi connectivity index (χ0n) is 11.7. The van der Waals surface area contributed by atoms with Gasteiger partial charge in [0.25, 0.3) is 0 Å². The fourth-order valence-corrected chi connectivity index (χ4v) is 1.99. The molecule has 0 atom stereocenters. The van der Waals surface area contributed by atoms with Crippen molar-refractivity contribution in [3.05, 3.63) is 71.5 Å². The Bertz CT molecular complexity index is 576. The van der Waals surface area contributed by atoms with Crippen LogP contribution in [0.15, 0.2) is 54.6 Å². The minimum atomic E-state index is -0.596. The second-order valence-electron chi connectivity index (χ2n) is 5.30. The van der Waals surface area contributed by atoms with Gasteiger partial charge in [-0.15, -0.1) is 0 Å². The SMILES string of the molecule is CC(C)(C(=O)NCc1ccc(F)cc1)c1ccccc1. The van der Waals surface area contributed by atoms with Crippen molar-refractivity contribution in [2.45, 2.75) is 25.8 Å². The molecule has 0 aliphatic heterocycles. The van der Waals surface area contributed by atoms with Crippen LogP contribution in [0.2, 0.25) is 0 Å². The molecule has 0 saturated carbocycles. The number of benzene rings is 2. The van der Waals surface area contributed by atoms with E-state index in [1.165, 1.54) is 12.1 Å². The average Bonchev–Trinajstić information content (AvgIpc) is 2.47. The van der Waals surface area contributed by atoms with Gasteiger partial charge in [-0.05, 0) is 37.1 Å². The standard InChI is InChI=1S/C17H18FNO/c1-17(2,14-6-4-3-5-7-14)16(20)19-12-13-8-10-15(18)11-9-13/h3-11H,12H2,1-2H3,(H,19,20). The third kappa shape index (κ3) is 3.23. The molecule has 1 amide bonds. The Kier molecular flexibility index (Phi) is 4.18. The van der Waals surface area contributed by atoms with E-state index >= 15 is 0 Å². The highest BCUT2D eigenvalue weighted by molar-refractivity contribution is 5.87. The molecule has 0 unspecified atom stereocenters. The number of halogens is 1. The summed E-state index contributed by atoms with van der Waals surface area (Å²) in [6.07, 6.45) is 0. The maximum absolute atomic E-state index is 12.8. The summed E-state index contributed by atoms with van der Waals surface area (Å²) in [7, 11) is 0. The van der Waals surface area contributed by atoms with Gasteiger partial charge >= 0.3 is 0 Å². The smallest absolute Gasteiger partial charge is 0.230 e. The summed E-state index contributed by atoms with van der Waals surface area (Å²) in [4.78, 5) is 12.3. The van der Waals surface area contributed by atoms with E-state index in [9.17, 15) is 9.18 Å². The molecule has 0 heterocycles. The molecule has 20 heavy (non-hydrogen) atoms. The highest BCUT2D eigenvalue weighted by Gasteiger charge is 2.29. The van der Waals surface area contributed by atoms with Crippen molar-refractivity contribution in [1.82, 2.24) is 5.32 Å². The molecule has 0 aromatic heterocycles. The summed E-state index contributed by atoms with van der Waals surface area (Å²) >= 11 is 0. The van der Waals surface area contributed by atoms with E-state index in [1.807, 2.05) is 44.2 Å². The maximum Gasteiger partial charge on any atom is 0.230 e. The summed E-state index contributed by atoms with van der Waals surface area (Å²) in [5, 5.41) is 2.90. The van der Waals surface area contributed by atoms with E-state index < -0.39 is 5.41 Å². The number of rotatable bonds is 4. The van der Waals surface area contributed by atoms with E-state index in [1.54, 1.807) is 12.1 Å². The first-order chi connectivity index (χ1) is 9.50. The van der Waals surface area contributed by atoms with E-state index in [2.05, 4.69) is 5.32 Å². The molecule has 0 radical (unpaired) electrons. The van der Waals surface area contributed by atoms with Crippen molar-refractivity contribution >= 4 is 5.91 Å². The molecule has 2 aromatic rings. The predicted molar refractivity (Wildman–Crippen MR) is 77.7 cm³/mol. The number of hydrogen-bond acceptors (Lipinski definition) is 1. The molecule has 2 nitrogen and oxygen atoms in total. The third-order valence-electron chi connectivity index (χ3n) is 3.43. The van der Waals surface area contributed by atoms with Crippen LogP contribution in [-0.2, 0) is 16.8 Å². The predicted octanol–water partition coefficient (Wildman–Crippen LogP) is 3.42. The Morgan fingerprint density at radius 1 is 1.05 bits per heavy atom. The molecule has 104 valence electrons. The topological polar surface area (TPSA) is 29.1 Å². The summed E-state index contributed by atoms with van der Waals surface area (Å²) in [6.45, 7) is 4.18. The fourth-order valence-electron chi connectivity index (χ4n) is 1.99. The lowest BCUT2D eigenvalue weighted by molar-refractivity contribution is -0.125. The van der Waals surface area contributed by atoms with Crippen LogP contribution in [-0.4, -0.2) is 5.91 Å². The number of amides is 1. The second kappa shape index (κ2) is 5.87.